The van der Waals surface area contributed by atoms with Crippen LogP contribution in [-0.2, 0) is 4.79 Å². The van der Waals surface area contributed by atoms with E-state index in [1.807, 2.05) is 41.2 Å². The maximum absolute atomic E-state index is 12.9. The molecule has 9 nitrogen and oxygen atoms in total. The van der Waals surface area contributed by atoms with E-state index < -0.39 is 12.1 Å². The van der Waals surface area contributed by atoms with Gasteiger partial charge in [-0.3, -0.25) is 14.6 Å². The average Bonchev–Trinajstić information content (AvgIpc) is 3.20. The van der Waals surface area contributed by atoms with E-state index in [0.717, 1.165) is 22.0 Å². The number of nitrogens with zero attached hydrogens (tertiary/aromatic N) is 5. The normalized spacial score (nSPS) is 18.2. The number of rotatable bonds is 3. The van der Waals surface area contributed by atoms with Crippen molar-refractivity contribution in [2.75, 3.05) is 28.3 Å². The number of aliphatic imine (C=N–C) groups is 1. The summed E-state index contributed by atoms with van der Waals surface area (Å²) in [7, 11) is 6.31. The number of hydrogen-bond acceptors (Lipinski definition) is 5. The average molecular weight is 384 g/mol. The molecule has 146 valence electrons. The number of amides is 3. The maximum Gasteiger partial charge on any atom is 0.407 e. The Morgan fingerprint density at radius 1 is 1.07 bits per heavy atom. The second kappa shape index (κ2) is 6.08. The number of amidine groups is 1. The number of fused-ring (bicyclic) bond motifs is 3. The van der Waals surface area contributed by atoms with Crippen LogP contribution in [0, 0.1) is 13.8 Å². The lowest BCUT2D eigenvalue weighted by atomic mass is 10.1. The van der Waals surface area contributed by atoms with E-state index in [2.05, 4.69) is 4.99 Å². The van der Waals surface area contributed by atoms with Gasteiger partial charge in [0, 0.05) is 20.2 Å². The molecule has 1 saturated heterocycles. The highest BCUT2D eigenvalue weighted by atomic mass is 16.5. The SMILES string of the molecule is COc1ccc(OC)c(-n2c(C)c(C)[n+]3c2N=C2C3C(=O)N(C)C(=O)N2C)c1. The lowest BCUT2D eigenvalue weighted by molar-refractivity contribution is -0.682. The Labute approximate surface area is 162 Å². The molecule has 28 heavy (non-hydrogen) atoms. The molecule has 1 fully saturated rings. The van der Waals surface area contributed by atoms with Gasteiger partial charge in [-0.15, -0.1) is 0 Å². The lowest BCUT2D eigenvalue weighted by Gasteiger charge is -2.30. The highest BCUT2D eigenvalue weighted by Gasteiger charge is 2.53. The van der Waals surface area contributed by atoms with Crippen LogP contribution in [0.2, 0.25) is 0 Å². The molecule has 3 amide bonds. The van der Waals surface area contributed by atoms with Gasteiger partial charge in [0.25, 0.3) is 5.91 Å². The van der Waals surface area contributed by atoms with E-state index in [1.54, 1.807) is 21.3 Å². The van der Waals surface area contributed by atoms with Gasteiger partial charge in [-0.25, -0.2) is 9.36 Å². The van der Waals surface area contributed by atoms with Gasteiger partial charge in [0.05, 0.1) is 14.2 Å². The number of imide groups is 1. The molecule has 0 radical (unpaired) electrons. The van der Waals surface area contributed by atoms with Crippen LogP contribution >= 0.6 is 0 Å². The summed E-state index contributed by atoms with van der Waals surface area (Å²) in [6.07, 6.45) is 0. The standard InChI is InChI=1S/C19H22N5O4/c1-10-11(2)24-15-16(21(3)19(26)22(4)17(15)25)20-18(24)23(10)13-9-12(27-5)7-8-14(13)28-6/h7-9,15H,1-6H3/q+1. The number of carbonyl (C=O) groups excluding carboxylic acids is 2. The van der Waals surface area contributed by atoms with Gasteiger partial charge in [0.15, 0.2) is 11.4 Å². The van der Waals surface area contributed by atoms with Crippen LogP contribution in [0.3, 0.4) is 0 Å². The third kappa shape index (κ3) is 2.19. The van der Waals surface area contributed by atoms with Gasteiger partial charge >= 0.3 is 12.0 Å². The van der Waals surface area contributed by atoms with Crippen molar-refractivity contribution in [3.8, 4) is 17.2 Å². The third-order valence-electron chi connectivity index (χ3n) is 5.46. The fourth-order valence-corrected chi connectivity index (χ4v) is 3.78. The number of hydrogen-bond donors (Lipinski definition) is 0. The number of carbonyl (C=O) groups is 2. The van der Waals surface area contributed by atoms with Gasteiger partial charge in [-0.1, -0.05) is 4.99 Å². The van der Waals surface area contributed by atoms with Crippen LogP contribution in [0.15, 0.2) is 23.2 Å². The molecule has 0 bridgehead atoms. The predicted octanol–water partition coefficient (Wildman–Crippen LogP) is 1.51. The fourth-order valence-electron chi connectivity index (χ4n) is 3.78. The van der Waals surface area contributed by atoms with Gasteiger partial charge < -0.3 is 9.47 Å². The molecule has 1 aromatic carbocycles. The first kappa shape index (κ1) is 18.0. The van der Waals surface area contributed by atoms with Crippen LogP contribution in [0.25, 0.3) is 5.69 Å². The van der Waals surface area contributed by atoms with E-state index in [0.29, 0.717) is 23.3 Å². The zero-order chi connectivity index (χ0) is 20.3. The predicted molar refractivity (Wildman–Crippen MR) is 101 cm³/mol. The van der Waals surface area contributed by atoms with E-state index >= 15 is 0 Å². The highest BCUT2D eigenvalue weighted by molar-refractivity contribution is 6.18. The summed E-state index contributed by atoms with van der Waals surface area (Å²) in [6.45, 7) is 3.89. The molecular weight excluding hydrogens is 362 g/mol. The molecule has 1 atom stereocenters. The van der Waals surface area contributed by atoms with Crippen LogP contribution in [0.1, 0.15) is 17.4 Å². The van der Waals surface area contributed by atoms with Crippen molar-refractivity contribution in [1.29, 1.82) is 0 Å². The van der Waals surface area contributed by atoms with Crippen molar-refractivity contribution >= 4 is 23.7 Å². The smallest absolute Gasteiger partial charge is 0.407 e. The number of imidazole rings is 1. The topological polar surface area (TPSA) is 80.2 Å². The second-order valence-electron chi connectivity index (χ2n) is 6.83. The molecule has 1 unspecified atom stereocenters. The molecule has 2 aliphatic heterocycles. The van der Waals surface area contributed by atoms with Crippen molar-refractivity contribution in [3.63, 3.8) is 0 Å². The zero-order valence-electron chi connectivity index (χ0n) is 16.7. The monoisotopic (exact) mass is 384 g/mol. The van der Waals surface area contributed by atoms with Gasteiger partial charge in [-0.05, 0) is 26.0 Å². The summed E-state index contributed by atoms with van der Waals surface area (Å²) in [5.41, 5.74) is 2.54. The second-order valence-corrected chi connectivity index (χ2v) is 6.83. The summed E-state index contributed by atoms with van der Waals surface area (Å²) < 4.78 is 14.7. The Bertz CT molecular complexity index is 1060. The van der Waals surface area contributed by atoms with Crippen LogP contribution in [0.5, 0.6) is 11.5 Å². The first-order valence-electron chi connectivity index (χ1n) is 8.81. The molecule has 0 N–H and O–H groups in total. The van der Waals surface area contributed by atoms with E-state index in [4.69, 9.17) is 9.47 Å². The molecule has 3 heterocycles. The molecule has 0 aliphatic carbocycles. The Kier molecular flexibility index (Phi) is 3.91. The Morgan fingerprint density at radius 3 is 2.43 bits per heavy atom. The first-order chi connectivity index (χ1) is 13.3. The Balaban J connectivity index is 1.99. The van der Waals surface area contributed by atoms with Crippen LogP contribution in [-0.4, -0.2) is 60.5 Å². The summed E-state index contributed by atoms with van der Waals surface area (Å²) in [4.78, 5) is 32.4. The molecule has 2 aliphatic rings. The van der Waals surface area contributed by atoms with Crippen molar-refractivity contribution in [3.05, 3.63) is 29.6 Å². The third-order valence-corrected chi connectivity index (χ3v) is 5.46. The molecule has 9 heteroatoms. The number of ether oxygens (including phenoxy) is 2. The number of urea groups is 1. The Hall–Kier alpha value is -3.36. The van der Waals surface area contributed by atoms with E-state index in [-0.39, 0.29) is 5.91 Å². The summed E-state index contributed by atoms with van der Waals surface area (Å²) >= 11 is 0. The Morgan fingerprint density at radius 2 is 1.79 bits per heavy atom. The first-order valence-corrected chi connectivity index (χ1v) is 8.81. The number of benzene rings is 1. The van der Waals surface area contributed by atoms with Crippen molar-refractivity contribution in [1.82, 2.24) is 14.4 Å². The molecule has 0 saturated carbocycles. The largest absolute Gasteiger partial charge is 0.497 e. The molecule has 0 spiro atoms. The molecule has 4 rings (SSSR count). The summed E-state index contributed by atoms with van der Waals surface area (Å²) in [5.74, 6) is 1.99. The fraction of sp³-hybridized carbons (Fsp3) is 0.368. The molecular formula is C19H22N5O4+. The van der Waals surface area contributed by atoms with E-state index in [1.165, 1.54) is 11.9 Å². The number of aromatic nitrogens is 2. The van der Waals surface area contributed by atoms with Gasteiger partial charge in [0.2, 0.25) is 11.9 Å². The van der Waals surface area contributed by atoms with Crippen molar-refractivity contribution in [2.45, 2.75) is 19.9 Å². The minimum Gasteiger partial charge on any atom is -0.497 e. The number of methoxy groups -OCH3 is 2. The van der Waals surface area contributed by atoms with Crippen LogP contribution in [0.4, 0.5) is 10.7 Å². The number of likely N-dealkylation sites (N-methyl/N-ethyl adjacent to an activating group) is 2. The van der Waals surface area contributed by atoms with Crippen molar-refractivity contribution < 1.29 is 23.6 Å². The lowest BCUT2D eigenvalue weighted by Crippen LogP contribution is -2.62. The summed E-state index contributed by atoms with van der Waals surface area (Å²) in [6, 6.07) is 4.43. The molecule has 2 aromatic rings. The van der Waals surface area contributed by atoms with Gasteiger partial charge in [0.1, 0.15) is 17.1 Å². The quantitative estimate of drug-likeness (QED) is 0.752. The van der Waals surface area contributed by atoms with Crippen LogP contribution < -0.4 is 14.0 Å². The zero-order valence-corrected chi connectivity index (χ0v) is 16.7. The molecule has 1 aromatic heterocycles. The highest BCUT2D eigenvalue weighted by Crippen LogP contribution is 2.36. The van der Waals surface area contributed by atoms with Crippen molar-refractivity contribution in [2.24, 2.45) is 4.99 Å². The van der Waals surface area contributed by atoms with E-state index in [9.17, 15) is 9.59 Å². The summed E-state index contributed by atoms with van der Waals surface area (Å²) in [5, 5.41) is 0. The minimum atomic E-state index is -0.667. The van der Waals surface area contributed by atoms with Gasteiger partial charge in [-0.2, -0.15) is 4.57 Å². The minimum absolute atomic E-state index is 0.302. The maximum atomic E-state index is 12.9.